The van der Waals surface area contributed by atoms with Gasteiger partial charge >= 0.3 is 0 Å². The lowest BCUT2D eigenvalue weighted by atomic mass is 10.4. The van der Waals surface area contributed by atoms with Gasteiger partial charge in [0.15, 0.2) is 0 Å². The van der Waals surface area contributed by atoms with Gasteiger partial charge in [-0.2, -0.15) is 15.0 Å². The van der Waals surface area contributed by atoms with E-state index in [0.717, 1.165) is 52.1 Å². The number of anilines is 3. The van der Waals surface area contributed by atoms with E-state index in [4.69, 9.17) is 10.5 Å². The highest BCUT2D eigenvalue weighted by molar-refractivity contribution is 5.41. The third-order valence-corrected chi connectivity index (χ3v) is 3.08. The molecule has 3 N–H and O–H groups in total. The Hall–Kier alpha value is -1.63. The van der Waals surface area contributed by atoms with Gasteiger partial charge in [-0.15, -0.1) is 0 Å². The van der Waals surface area contributed by atoms with Crippen LogP contribution in [0.2, 0.25) is 0 Å². The molecule has 0 aliphatic rings. The molecule has 1 aromatic heterocycles. The van der Waals surface area contributed by atoms with Gasteiger partial charge in [0.2, 0.25) is 17.8 Å². The predicted octanol–water partition coefficient (Wildman–Crippen LogP) is 1.92. The number of hydrogen-bond donors (Lipinski definition) is 2. The smallest absolute Gasteiger partial charge is 0.231 e. The number of nitrogens with two attached hydrogens (primary N) is 1. The Morgan fingerprint density at radius 3 is 2.43 bits per heavy atom. The fraction of sp³-hybridized carbons (Fsp3) is 0.786. The highest BCUT2D eigenvalue weighted by Gasteiger charge is 2.09. The van der Waals surface area contributed by atoms with Crippen LogP contribution in [-0.4, -0.2) is 47.8 Å². The number of nitrogen functional groups attached to an aromatic ring is 1. The number of ether oxygens (including phenoxy) is 1. The van der Waals surface area contributed by atoms with E-state index in [1.165, 1.54) is 0 Å². The zero-order valence-electron chi connectivity index (χ0n) is 13.4. The normalized spacial score (nSPS) is 10.6. The number of nitrogens with one attached hydrogen (secondary N) is 1. The molecule has 0 aromatic carbocycles. The molecule has 120 valence electrons. The molecule has 0 spiro atoms. The molecule has 0 unspecified atom stereocenters. The Balaban J connectivity index is 2.41. The maximum atomic E-state index is 5.74. The Morgan fingerprint density at radius 1 is 1.05 bits per heavy atom. The molecule has 7 heteroatoms. The number of hydrogen-bond acceptors (Lipinski definition) is 7. The van der Waals surface area contributed by atoms with Crippen molar-refractivity contribution >= 4 is 17.8 Å². The predicted molar refractivity (Wildman–Crippen MR) is 86.6 cm³/mol. The zero-order chi connectivity index (χ0) is 15.5. The summed E-state index contributed by atoms with van der Waals surface area (Å²) in [5, 5.41) is 3.17. The third-order valence-electron chi connectivity index (χ3n) is 3.08. The lowest BCUT2D eigenvalue weighted by Crippen LogP contribution is -2.25. The van der Waals surface area contributed by atoms with E-state index in [2.05, 4.69) is 41.0 Å². The van der Waals surface area contributed by atoms with Crippen molar-refractivity contribution in [3.05, 3.63) is 0 Å². The first-order valence-electron chi connectivity index (χ1n) is 7.79. The van der Waals surface area contributed by atoms with Crippen molar-refractivity contribution in [2.45, 2.75) is 40.0 Å². The first-order valence-corrected chi connectivity index (χ1v) is 7.79. The van der Waals surface area contributed by atoms with E-state index in [1.54, 1.807) is 0 Å². The first-order chi connectivity index (χ1) is 10.2. The Bertz CT molecular complexity index is 397. The molecule has 0 bridgehead atoms. The minimum absolute atomic E-state index is 0.244. The van der Waals surface area contributed by atoms with Crippen LogP contribution in [0.4, 0.5) is 17.8 Å². The largest absolute Gasteiger partial charge is 0.381 e. The van der Waals surface area contributed by atoms with Crippen LogP contribution >= 0.6 is 0 Å². The third kappa shape index (κ3) is 6.57. The van der Waals surface area contributed by atoms with Crippen molar-refractivity contribution in [2.75, 3.05) is 48.8 Å². The molecule has 0 aliphatic carbocycles. The monoisotopic (exact) mass is 296 g/mol. The van der Waals surface area contributed by atoms with E-state index in [1.807, 2.05) is 4.90 Å². The van der Waals surface area contributed by atoms with Crippen LogP contribution in [0.1, 0.15) is 40.0 Å². The molecule has 0 radical (unpaired) electrons. The van der Waals surface area contributed by atoms with E-state index in [0.29, 0.717) is 11.9 Å². The number of rotatable bonds is 11. The highest BCUT2D eigenvalue weighted by Crippen LogP contribution is 2.11. The molecule has 1 aromatic rings. The van der Waals surface area contributed by atoms with Crippen LogP contribution in [0.3, 0.4) is 0 Å². The second-order valence-corrected chi connectivity index (χ2v) is 4.74. The molecule has 0 saturated heterocycles. The summed E-state index contributed by atoms with van der Waals surface area (Å²) in [6.45, 7) is 10.3. The van der Waals surface area contributed by atoms with Crippen molar-refractivity contribution in [2.24, 2.45) is 0 Å². The van der Waals surface area contributed by atoms with Crippen LogP contribution in [0.15, 0.2) is 0 Å². The average molecular weight is 296 g/mol. The van der Waals surface area contributed by atoms with Gasteiger partial charge in [-0.3, -0.25) is 0 Å². The van der Waals surface area contributed by atoms with Gasteiger partial charge in [0.25, 0.3) is 0 Å². The minimum atomic E-state index is 0.244. The quantitative estimate of drug-likeness (QED) is 0.603. The molecule has 21 heavy (non-hydrogen) atoms. The molecule has 1 heterocycles. The number of unbranched alkanes of at least 4 members (excludes halogenated alkanes) is 1. The molecular weight excluding hydrogens is 268 g/mol. The second-order valence-electron chi connectivity index (χ2n) is 4.74. The van der Waals surface area contributed by atoms with Crippen LogP contribution in [-0.2, 0) is 4.74 Å². The summed E-state index contributed by atoms with van der Waals surface area (Å²) in [7, 11) is 0. The molecule has 0 saturated carbocycles. The Kier molecular flexibility index (Phi) is 8.42. The summed E-state index contributed by atoms with van der Waals surface area (Å²) < 4.78 is 5.51. The molecule has 0 atom stereocenters. The van der Waals surface area contributed by atoms with Gasteiger partial charge in [0.05, 0.1) is 0 Å². The molecule has 7 nitrogen and oxygen atoms in total. The summed E-state index contributed by atoms with van der Waals surface area (Å²) in [6, 6.07) is 0. The lowest BCUT2D eigenvalue weighted by Gasteiger charge is -2.19. The summed E-state index contributed by atoms with van der Waals surface area (Å²) in [5.74, 6) is 1.39. The fourth-order valence-corrected chi connectivity index (χ4v) is 1.83. The molecule has 0 aliphatic heterocycles. The molecular formula is C14H28N6O. The SMILES string of the molecule is CCCCOCCCNc1nc(N)nc(N(CC)CC)n1. The number of aromatic nitrogens is 3. The standard InChI is InChI=1S/C14H28N6O/c1-4-7-10-21-11-8-9-16-13-17-12(15)18-14(19-13)20(5-2)6-3/h4-11H2,1-3H3,(H3,15,16,17,18,19). The van der Waals surface area contributed by atoms with Crippen LogP contribution in [0.5, 0.6) is 0 Å². The highest BCUT2D eigenvalue weighted by atomic mass is 16.5. The van der Waals surface area contributed by atoms with Crippen LogP contribution < -0.4 is 16.0 Å². The maximum absolute atomic E-state index is 5.74. The Morgan fingerprint density at radius 2 is 1.76 bits per heavy atom. The van der Waals surface area contributed by atoms with Crippen molar-refractivity contribution in [3.8, 4) is 0 Å². The van der Waals surface area contributed by atoms with Gasteiger partial charge < -0.3 is 20.7 Å². The molecule has 0 amide bonds. The van der Waals surface area contributed by atoms with Gasteiger partial charge in [0, 0.05) is 32.8 Å². The van der Waals surface area contributed by atoms with Crippen molar-refractivity contribution in [3.63, 3.8) is 0 Å². The minimum Gasteiger partial charge on any atom is -0.381 e. The van der Waals surface area contributed by atoms with Crippen LogP contribution in [0, 0.1) is 0 Å². The van der Waals surface area contributed by atoms with Crippen molar-refractivity contribution in [1.82, 2.24) is 15.0 Å². The topological polar surface area (TPSA) is 89.2 Å². The maximum Gasteiger partial charge on any atom is 0.231 e. The zero-order valence-corrected chi connectivity index (χ0v) is 13.4. The Labute approximate surface area is 127 Å². The summed E-state index contributed by atoms with van der Waals surface area (Å²) in [6.07, 6.45) is 3.19. The lowest BCUT2D eigenvalue weighted by molar-refractivity contribution is 0.131. The fourth-order valence-electron chi connectivity index (χ4n) is 1.83. The summed E-state index contributed by atoms with van der Waals surface area (Å²) >= 11 is 0. The number of nitrogens with zero attached hydrogens (tertiary/aromatic N) is 4. The van der Waals surface area contributed by atoms with E-state index in [9.17, 15) is 0 Å². The summed E-state index contributed by atoms with van der Waals surface area (Å²) in [5.41, 5.74) is 5.74. The average Bonchev–Trinajstić information content (AvgIpc) is 2.47. The first kappa shape index (κ1) is 17.4. The van der Waals surface area contributed by atoms with Crippen molar-refractivity contribution in [1.29, 1.82) is 0 Å². The van der Waals surface area contributed by atoms with E-state index in [-0.39, 0.29) is 5.95 Å². The van der Waals surface area contributed by atoms with Gasteiger partial charge in [0.1, 0.15) is 0 Å². The molecule has 0 fully saturated rings. The van der Waals surface area contributed by atoms with Crippen LogP contribution in [0.25, 0.3) is 0 Å². The summed E-state index contributed by atoms with van der Waals surface area (Å²) in [4.78, 5) is 14.7. The second kappa shape index (κ2) is 10.1. The van der Waals surface area contributed by atoms with Gasteiger partial charge in [-0.05, 0) is 26.7 Å². The molecule has 1 rings (SSSR count). The van der Waals surface area contributed by atoms with E-state index < -0.39 is 0 Å². The van der Waals surface area contributed by atoms with Crippen molar-refractivity contribution < 1.29 is 4.74 Å². The van der Waals surface area contributed by atoms with E-state index >= 15 is 0 Å². The van der Waals surface area contributed by atoms with Gasteiger partial charge in [-0.1, -0.05) is 13.3 Å². The van der Waals surface area contributed by atoms with Gasteiger partial charge in [-0.25, -0.2) is 0 Å².